The molecule has 3 aliphatic rings. The van der Waals surface area contributed by atoms with Gasteiger partial charge in [0.1, 0.15) is 11.8 Å². The maximum atomic E-state index is 14.7. The van der Waals surface area contributed by atoms with Gasteiger partial charge in [0.2, 0.25) is 11.8 Å². The number of hydrogen-bond acceptors (Lipinski definition) is 6. The van der Waals surface area contributed by atoms with Crippen LogP contribution in [0, 0.1) is 5.89 Å². The van der Waals surface area contributed by atoms with Gasteiger partial charge in [0, 0.05) is 40.3 Å². The highest BCUT2D eigenvalue weighted by atomic mass is 16.6. The van der Waals surface area contributed by atoms with Crippen LogP contribution in [0.15, 0.2) is 66.7 Å². The van der Waals surface area contributed by atoms with E-state index in [1.54, 1.807) is 11.0 Å². The number of rotatable bonds is 10. The minimum Gasteiger partial charge on any atom is -0.410 e. The zero-order valence-corrected chi connectivity index (χ0v) is 27.9. The average molecular weight is 656 g/mol. The minimum atomic E-state index is -0.981. The lowest BCUT2D eigenvalue weighted by Crippen LogP contribution is -2.64. The van der Waals surface area contributed by atoms with Crippen LogP contribution in [0.3, 0.4) is 0 Å². The zero-order valence-electron chi connectivity index (χ0n) is 29.9. The van der Waals surface area contributed by atoms with Crippen molar-refractivity contribution >= 4 is 28.7 Å². The molecule has 9 heteroatoms. The van der Waals surface area contributed by atoms with Crippen molar-refractivity contribution < 1.29 is 21.9 Å². The number of nitrogens with one attached hydrogen (secondary N) is 2. The average Bonchev–Trinajstić information content (AvgIpc) is 3.13. The predicted octanol–water partition coefficient (Wildman–Crippen LogP) is 5.89. The summed E-state index contributed by atoms with van der Waals surface area (Å²) in [5.74, 6) is -0.999. The number of carbonyl (C=O) groups is 3. The molecule has 2 aliphatic carbocycles. The van der Waals surface area contributed by atoms with Crippen LogP contribution in [0.4, 0.5) is 4.79 Å². The van der Waals surface area contributed by atoms with Crippen LogP contribution in [0.25, 0.3) is 10.8 Å². The molecule has 3 amide bonds. The van der Waals surface area contributed by atoms with E-state index < -0.39 is 30.1 Å². The van der Waals surface area contributed by atoms with Gasteiger partial charge in [0.15, 0.2) is 0 Å². The van der Waals surface area contributed by atoms with E-state index >= 15 is 0 Å². The quantitative estimate of drug-likeness (QED) is 0.251. The Bertz CT molecular complexity index is 1610. The highest BCUT2D eigenvalue weighted by Crippen LogP contribution is 2.30. The SMILES string of the molecule is [2H]C1(C[C@H](NC2([2H])CCCCC2)C(=O)N2CCN(C(=O)Oc3cccc4ccccc34)C[C@H]2C(=O)NCc2ccc(CN)cc2)CCCCC1. The van der Waals surface area contributed by atoms with Gasteiger partial charge in [-0.15, -0.1) is 0 Å². The van der Waals surface area contributed by atoms with Crippen molar-refractivity contribution in [3.8, 4) is 5.75 Å². The molecule has 1 saturated heterocycles. The number of carbonyl (C=O) groups excluding carboxylic acids is 3. The largest absolute Gasteiger partial charge is 0.415 e. The first kappa shape index (κ1) is 31.3. The molecule has 0 spiro atoms. The second-order valence-electron chi connectivity index (χ2n) is 13.5. The second kappa shape index (κ2) is 16.4. The van der Waals surface area contributed by atoms with E-state index in [0.29, 0.717) is 38.0 Å². The third-order valence-electron chi connectivity index (χ3n) is 10.1. The number of nitrogens with two attached hydrogens (primary N) is 1. The Hall–Kier alpha value is -3.95. The van der Waals surface area contributed by atoms with Gasteiger partial charge in [-0.3, -0.25) is 9.59 Å². The molecule has 1 aliphatic heterocycles. The molecule has 3 aromatic carbocycles. The number of piperazine rings is 1. The summed E-state index contributed by atoms with van der Waals surface area (Å²) >= 11 is 0. The van der Waals surface area contributed by atoms with Crippen LogP contribution >= 0.6 is 0 Å². The molecule has 3 fully saturated rings. The van der Waals surface area contributed by atoms with Crippen molar-refractivity contribution in [1.82, 2.24) is 20.4 Å². The van der Waals surface area contributed by atoms with Gasteiger partial charge in [-0.2, -0.15) is 0 Å². The summed E-state index contributed by atoms with van der Waals surface area (Å²) in [5, 5.41) is 8.17. The Morgan fingerprint density at radius 1 is 0.854 bits per heavy atom. The summed E-state index contributed by atoms with van der Waals surface area (Å²) in [5.41, 5.74) is 7.63. The van der Waals surface area contributed by atoms with E-state index in [0.717, 1.165) is 60.4 Å². The fourth-order valence-corrected chi connectivity index (χ4v) is 7.29. The lowest BCUT2D eigenvalue weighted by molar-refractivity contribution is -0.145. The van der Waals surface area contributed by atoms with E-state index in [4.69, 9.17) is 10.5 Å². The summed E-state index contributed by atoms with van der Waals surface area (Å²) in [6.45, 7) is 0.935. The number of hydrogen-bond donors (Lipinski definition) is 3. The van der Waals surface area contributed by atoms with Gasteiger partial charge < -0.3 is 30.9 Å². The summed E-state index contributed by atoms with van der Waals surface area (Å²) in [6.07, 6.45) is 8.29. The number of amides is 3. The third kappa shape index (κ3) is 8.55. The fraction of sp³-hybridized carbons (Fsp3) is 0.513. The van der Waals surface area contributed by atoms with Gasteiger partial charge in [-0.1, -0.05) is 112 Å². The van der Waals surface area contributed by atoms with Crippen molar-refractivity contribution in [2.45, 2.75) is 102 Å². The molecule has 0 aromatic heterocycles. The van der Waals surface area contributed by atoms with E-state index in [1.807, 2.05) is 60.7 Å². The van der Waals surface area contributed by atoms with Gasteiger partial charge in [0.25, 0.3) is 0 Å². The fourth-order valence-electron chi connectivity index (χ4n) is 7.29. The Morgan fingerprint density at radius 3 is 2.29 bits per heavy atom. The smallest absolute Gasteiger partial charge is 0.410 e. The standard InChI is InChI=1S/C39H51N5O4/c40-25-29-18-20-30(21-19-29)26-41-37(45)35-27-43(39(47)48-36-17-9-13-31-12-7-8-16-33(31)36)22-23-44(35)38(46)34(24-28-10-3-1-4-11-28)42-32-14-5-2-6-15-32/h7-9,12-13,16-21,28,32,34-35,42H,1-6,10-11,14-15,22-27,40H2,(H,41,45)/t34-,35-/m0/s1/i28D,32D. The van der Waals surface area contributed by atoms with Gasteiger partial charge in [-0.05, 0) is 47.7 Å². The molecular weight excluding hydrogens is 602 g/mol. The third-order valence-corrected chi connectivity index (χ3v) is 10.1. The van der Waals surface area contributed by atoms with E-state index in [9.17, 15) is 17.1 Å². The molecule has 0 radical (unpaired) electrons. The molecule has 6 rings (SSSR count). The molecule has 0 bridgehead atoms. The number of fused-ring (bicyclic) bond motifs is 1. The van der Waals surface area contributed by atoms with Crippen molar-refractivity contribution in [1.29, 1.82) is 0 Å². The summed E-state index contributed by atoms with van der Waals surface area (Å²) in [6, 6.07) is 18.1. The topological polar surface area (TPSA) is 117 Å². The molecule has 256 valence electrons. The van der Waals surface area contributed by atoms with Crippen molar-refractivity contribution in [3.63, 3.8) is 0 Å². The van der Waals surface area contributed by atoms with Gasteiger partial charge >= 0.3 is 6.09 Å². The van der Waals surface area contributed by atoms with Crippen LogP contribution in [-0.2, 0) is 22.7 Å². The van der Waals surface area contributed by atoms with Crippen LogP contribution in [0.2, 0.25) is 0 Å². The van der Waals surface area contributed by atoms with E-state index in [1.165, 1.54) is 4.90 Å². The van der Waals surface area contributed by atoms with Crippen molar-refractivity contribution in [2.24, 2.45) is 11.6 Å². The first-order chi connectivity index (χ1) is 24.2. The number of nitrogens with zero attached hydrogens (tertiary/aromatic N) is 2. The van der Waals surface area contributed by atoms with E-state index in [-0.39, 0.29) is 44.4 Å². The normalized spacial score (nSPS) is 21.9. The molecular formula is C39H51N5O4. The monoisotopic (exact) mass is 655 g/mol. The Balaban J connectivity index is 1.24. The molecule has 1 heterocycles. The highest BCUT2D eigenvalue weighted by molar-refractivity contribution is 5.92. The first-order valence-corrected chi connectivity index (χ1v) is 17.7. The van der Waals surface area contributed by atoms with Crippen LogP contribution in [0.1, 0.15) is 84.5 Å². The number of benzene rings is 3. The van der Waals surface area contributed by atoms with Crippen molar-refractivity contribution in [3.05, 3.63) is 77.9 Å². The first-order valence-electron chi connectivity index (χ1n) is 18.7. The van der Waals surface area contributed by atoms with Gasteiger partial charge in [-0.25, -0.2) is 4.79 Å². The van der Waals surface area contributed by atoms with Crippen LogP contribution in [-0.4, -0.2) is 65.4 Å². The predicted molar refractivity (Wildman–Crippen MR) is 188 cm³/mol. The van der Waals surface area contributed by atoms with E-state index in [2.05, 4.69) is 10.6 Å². The summed E-state index contributed by atoms with van der Waals surface area (Å²) in [4.78, 5) is 45.4. The Kier molecular flexibility index (Phi) is 10.7. The lowest BCUT2D eigenvalue weighted by Gasteiger charge is -2.42. The van der Waals surface area contributed by atoms with Crippen molar-refractivity contribution in [2.75, 3.05) is 19.6 Å². The second-order valence-corrected chi connectivity index (χ2v) is 13.5. The zero-order chi connectivity index (χ0) is 35.1. The molecule has 48 heavy (non-hydrogen) atoms. The van der Waals surface area contributed by atoms with Gasteiger partial charge in [0.05, 0.1) is 12.6 Å². The Labute approximate surface area is 287 Å². The summed E-state index contributed by atoms with van der Waals surface area (Å²) < 4.78 is 24.4. The number of ether oxygens (including phenoxy) is 1. The van der Waals surface area contributed by atoms with Crippen LogP contribution < -0.4 is 21.1 Å². The molecule has 3 aromatic rings. The molecule has 4 N–H and O–H groups in total. The maximum Gasteiger partial charge on any atom is 0.415 e. The molecule has 9 nitrogen and oxygen atoms in total. The lowest BCUT2D eigenvalue weighted by atomic mass is 9.83. The molecule has 2 saturated carbocycles. The van der Waals surface area contributed by atoms with Crippen LogP contribution in [0.5, 0.6) is 5.75 Å². The summed E-state index contributed by atoms with van der Waals surface area (Å²) in [7, 11) is 0. The maximum absolute atomic E-state index is 14.7. The molecule has 0 unspecified atom stereocenters. The Morgan fingerprint density at radius 2 is 1.54 bits per heavy atom. The molecule has 2 atom stereocenters. The highest BCUT2D eigenvalue weighted by Gasteiger charge is 2.41. The minimum absolute atomic E-state index is 0.0436.